The Balaban J connectivity index is 1.83. The Labute approximate surface area is 107 Å². The third kappa shape index (κ3) is 3.23. The maximum Gasteiger partial charge on any atom is 0.00700 e. The lowest BCUT2D eigenvalue weighted by Crippen LogP contribution is -2.38. The molecular formula is C15H30N2. The lowest BCUT2D eigenvalue weighted by molar-refractivity contribution is 0.143. The molecule has 0 aromatic rings. The highest BCUT2D eigenvalue weighted by Gasteiger charge is 2.33. The third-order valence-electron chi connectivity index (χ3n) is 5.19. The maximum absolute atomic E-state index is 6.07. The van der Waals surface area contributed by atoms with E-state index in [0.717, 1.165) is 18.5 Å². The number of hydrogen-bond acceptors (Lipinski definition) is 2. The average molecular weight is 238 g/mol. The van der Waals surface area contributed by atoms with Crippen molar-refractivity contribution in [3.05, 3.63) is 0 Å². The molecule has 0 aromatic carbocycles. The van der Waals surface area contributed by atoms with Crippen LogP contribution in [0.4, 0.5) is 0 Å². The Hall–Kier alpha value is -0.0800. The van der Waals surface area contributed by atoms with Crippen molar-refractivity contribution in [1.82, 2.24) is 4.90 Å². The first-order valence-corrected chi connectivity index (χ1v) is 7.59. The van der Waals surface area contributed by atoms with Gasteiger partial charge in [0.1, 0.15) is 0 Å². The fourth-order valence-corrected chi connectivity index (χ4v) is 3.94. The van der Waals surface area contributed by atoms with Crippen molar-refractivity contribution < 1.29 is 0 Å². The molecule has 2 N–H and O–H groups in total. The van der Waals surface area contributed by atoms with Gasteiger partial charge in [0.15, 0.2) is 0 Å². The highest BCUT2D eigenvalue weighted by Crippen LogP contribution is 2.39. The highest BCUT2D eigenvalue weighted by atomic mass is 15.2. The Bertz CT molecular complexity index is 233. The minimum atomic E-state index is 0.490. The second-order valence-corrected chi connectivity index (χ2v) is 6.70. The summed E-state index contributed by atoms with van der Waals surface area (Å²) in [6.45, 7) is 8.27. The van der Waals surface area contributed by atoms with Crippen molar-refractivity contribution in [2.45, 2.75) is 64.8 Å². The number of rotatable bonds is 4. The van der Waals surface area contributed by atoms with E-state index in [-0.39, 0.29) is 0 Å². The molecule has 0 bridgehead atoms. The molecule has 2 aliphatic rings. The molecule has 2 nitrogen and oxygen atoms in total. The molecule has 1 aliphatic carbocycles. The summed E-state index contributed by atoms with van der Waals surface area (Å²) in [5, 5.41) is 0. The summed E-state index contributed by atoms with van der Waals surface area (Å²) in [7, 11) is 0. The van der Waals surface area contributed by atoms with Crippen LogP contribution in [0.15, 0.2) is 0 Å². The molecule has 2 heteroatoms. The van der Waals surface area contributed by atoms with Gasteiger partial charge in [-0.2, -0.15) is 0 Å². The summed E-state index contributed by atoms with van der Waals surface area (Å²) >= 11 is 0. The van der Waals surface area contributed by atoms with E-state index in [4.69, 9.17) is 5.73 Å². The predicted octanol–water partition coefficient (Wildman–Crippen LogP) is 3.02. The standard InChI is InChI=1S/C15H30N2/c1-13-10-14(2)17(11-13)9-8-15(12-16)6-4-3-5-7-15/h13-14H,3-12,16H2,1-2H3. The van der Waals surface area contributed by atoms with Crippen molar-refractivity contribution in [2.75, 3.05) is 19.6 Å². The van der Waals surface area contributed by atoms with Gasteiger partial charge in [0.05, 0.1) is 0 Å². The number of nitrogens with zero attached hydrogens (tertiary/aromatic N) is 1. The molecule has 17 heavy (non-hydrogen) atoms. The van der Waals surface area contributed by atoms with Crippen molar-refractivity contribution in [3.8, 4) is 0 Å². The molecule has 0 aromatic heterocycles. The Morgan fingerprint density at radius 2 is 1.88 bits per heavy atom. The number of hydrogen-bond donors (Lipinski definition) is 1. The van der Waals surface area contributed by atoms with E-state index in [2.05, 4.69) is 18.7 Å². The van der Waals surface area contributed by atoms with Gasteiger partial charge in [0.2, 0.25) is 0 Å². The van der Waals surface area contributed by atoms with Crippen LogP contribution in [0.25, 0.3) is 0 Å². The molecule has 2 fully saturated rings. The molecule has 2 unspecified atom stereocenters. The summed E-state index contributed by atoms with van der Waals surface area (Å²) in [4.78, 5) is 2.69. The first kappa shape index (κ1) is 13.4. The van der Waals surface area contributed by atoms with Gasteiger partial charge in [-0.25, -0.2) is 0 Å². The molecule has 1 aliphatic heterocycles. The molecular weight excluding hydrogens is 208 g/mol. The third-order valence-corrected chi connectivity index (χ3v) is 5.19. The van der Waals surface area contributed by atoms with Crippen molar-refractivity contribution in [2.24, 2.45) is 17.1 Å². The molecule has 1 saturated carbocycles. The van der Waals surface area contributed by atoms with Crippen LogP contribution in [0.1, 0.15) is 58.8 Å². The van der Waals surface area contributed by atoms with Crippen LogP contribution in [0.5, 0.6) is 0 Å². The van der Waals surface area contributed by atoms with Gasteiger partial charge < -0.3 is 10.6 Å². The Morgan fingerprint density at radius 3 is 2.41 bits per heavy atom. The van der Waals surface area contributed by atoms with Gasteiger partial charge in [-0.3, -0.25) is 0 Å². The fraction of sp³-hybridized carbons (Fsp3) is 1.00. The fourth-order valence-electron chi connectivity index (χ4n) is 3.94. The normalized spacial score (nSPS) is 34.1. The zero-order chi connectivity index (χ0) is 12.3. The van der Waals surface area contributed by atoms with Crippen LogP contribution in [-0.4, -0.2) is 30.6 Å². The van der Waals surface area contributed by atoms with E-state index in [1.54, 1.807) is 0 Å². The van der Waals surface area contributed by atoms with Gasteiger partial charge in [-0.05, 0) is 57.0 Å². The molecule has 1 heterocycles. The van der Waals surface area contributed by atoms with Gasteiger partial charge >= 0.3 is 0 Å². The van der Waals surface area contributed by atoms with Crippen molar-refractivity contribution in [1.29, 1.82) is 0 Å². The molecule has 2 rings (SSSR count). The topological polar surface area (TPSA) is 29.3 Å². The lowest BCUT2D eigenvalue weighted by Gasteiger charge is -2.38. The van der Waals surface area contributed by atoms with E-state index >= 15 is 0 Å². The average Bonchev–Trinajstić information content (AvgIpc) is 2.67. The van der Waals surface area contributed by atoms with E-state index in [9.17, 15) is 0 Å². The van der Waals surface area contributed by atoms with Crippen LogP contribution in [0.2, 0.25) is 0 Å². The van der Waals surface area contributed by atoms with Gasteiger partial charge in [-0.15, -0.1) is 0 Å². The Kier molecular flexibility index (Phi) is 4.48. The van der Waals surface area contributed by atoms with Gasteiger partial charge in [0, 0.05) is 12.6 Å². The van der Waals surface area contributed by atoms with Gasteiger partial charge in [0.25, 0.3) is 0 Å². The molecule has 1 saturated heterocycles. The summed E-state index contributed by atoms with van der Waals surface area (Å²) in [5.74, 6) is 0.894. The van der Waals surface area contributed by atoms with Crippen LogP contribution in [-0.2, 0) is 0 Å². The SMILES string of the molecule is CC1CC(C)N(CCC2(CN)CCCCC2)C1. The van der Waals surface area contributed by atoms with Crippen LogP contribution in [0, 0.1) is 11.3 Å². The lowest BCUT2D eigenvalue weighted by atomic mass is 9.72. The van der Waals surface area contributed by atoms with Crippen molar-refractivity contribution >= 4 is 0 Å². The van der Waals surface area contributed by atoms with E-state index in [1.165, 1.54) is 58.0 Å². The molecule has 100 valence electrons. The van der Waals surface area contributed by atoms with Crippen molar-refractivity contribution in [3.63, 3.8) is 0 Å². The van der Waals surface area contributed by atoms with E-state index in [0.29, 0.717) is 5.41 Å². The van der Waals surface area contributed by atoms with Crippen LogP contribution >= 0.6 is 0 Å². The second kappa shape index (κ2) is 5.71. The highest BCUT2D eigenvalue weighted by molar-refractivity contribution is 4.87. The maximum atomic E-state index is 6.07. The van der Waals surface area contributed by atoms with E-state index < -0.39 is 0 Å². The summed E-state index contributed by atoms with van der Waals surface area (Å²) in [6.07, 6.45) is 9.71. The smallest absolute Gasteiger partial charge is 0.00700 e. The largest absolute Gasteiger partial charge is 0.330 e. The molecule has 2 atom stereocenters. The molecule has 0 spiro atoms. The van der Waals surface area contributed by atoms with Gasteiger partial charge in [-0.1, -0.05) is 26.2 Å². The zero-order valence-electron chi connectivity index (χ0n) is 11.8. The van der Waals surface area contributed by atoms with E-state index in [1.807, 2.05) is 0 Å². The minimum absolute atomic E-state index is 0.490. The summed E-state index contributed by atoms with van der Waals surface area (Å²) in [5.41, 5.74) is 6.56. The number of nitrogens with two attached hydrogens (primary N) is 1. The first-order valence-electron chi connectivity index (χ1n) is 7.59. The monoisotopic (exact) mass is 238 g/mol. The quantitative estimate of drug-likeness (QED) is 0.816. The van der Waals surface area contributed by atoms with Crippen LogP contribution < -0.4 is 5.73 Å². The summed E-state index contributed by atoms with van der Waals surface area (Å²) < 4.78 is 0. The first-order chi connectivity index (χ1) is 8.15. The second-order valence-electron chi connectivity index (χ2n) is 6.70. The number of likely N-dealkylation sites (tertiary alicyclic amines) is 1. The zero-order valence-corrected chi connectivity index (χ0v) is 11.8. The minimum Gasteiger partial charge on any atom is -0.330 e. The summed E-state index contributed by atoms with van der Waals surface area (Å²) in [6, 6.07) is 0.795. The molecule has 0 radical (unpaired) electrons. The Morgan fingerprint density at radius 1 is 1.18 bits per heavy atom. The molecule has 0 amide bonds. The van der Waals surface area contributed by atoms with Crippen LogP contribution in [0.3, 0.4) is 0 Å². The predicted molar refractivity (Wildman–Crippen MR) is 74.0 cm³/mol.